The molecule has 0 aliphatic carbocycles. The largest absolute Gasteiger partial charge is 0.494 e. The molecule has 1 heterocycles. The zero-order valence-electron chi connectivity index (χ0n) is 18.5. The topological polar surface area (TPSA) is 101 Å². The molecule has 4 rings (SSSR count). The minimum Gasteiger partial charge on any atom is -0.494 e. The fourth-order valence-electron chi connectivity index (χ4n) is 3.34. The molecule has 3 N–H and O–H groups in total. The van der Waals surface area contributed by atoms with Gasteiger partial charge in [0.05, 0.1) is 12.1 Å². The number of hydrogen-bond donors (Lipinski definition) is 3. The Morgan fingerprint density at radius 3 is 2.11 bits per heavy atom. The van der Waals surface area contributed by atoms with E-state index in [2.05, 4.69) is 47.9 Å². The zero-order chi connectivity index (χ0) is 24.9. The molecule has 1 aromatic heterocycles. The van der Waals surface area contributed by atoms with E-state index in [1.807, 2.05) is 13.0 Å². The summed E-state index contributed by atoms with van der Waals surface area (Å²) in [6, 6.07) is 20.7. The number of hydrogen-bond acceptors (Lipinski definition) is 4. The average Bonchev–Trinajstić information content (AvgIpc) is 3.19. The molecule has 3 amide bonds. The fourth-order valence-corrected chi connectivity index (χ4v) is 3.99. The number of amides is 3. The first kappa shape index (κ1) is 24.5. The Bertz CT molecular complexity index is 1400. The fraction of sp³-hybridized carbons (Fsp3) is 0.0800. The molecule has 0 radical (unpaired) electrons. The molecular formula is C25H20Br2N4O4. The number of anilines is 2. The number of rotatable bonds is 6. The van der Waals surface area contributed by atoms with Crippen LogP contribution in [-0.2, 0) is 9.59 Å². The highest BCUT2D eigenvalue weighted by atomic mass is 79.9. The van der Waals surface area contributed by atoms with Crippen LogP contribution in [0.1, 0.15) is 17.4 Å². The summed E-state index contributed by atoms with van der Waals surface area (Å²) in [4.78, 5) is 38.4. The lowest BCUT2D eigenvalue weighted by Crippen LogP contribution is -2.36. The van der Waals surface area contributed by atoms with Crippen LogP contribution in [-0.4, -0.2) is 29.0 Å². The van der Waals surface area contributed by atoms with E-state index < -0.39 is 17.7 Å². The third kappa shape index (κ3) is 5.90. The Labute approximate surface area is 217 Å². The van der Waals surface area contributed by atoms with Crippen molar-refractivity contribution in [3.05, 3.63) is 87.4 Å². The van der Waals surface area contributed by atoms with E-state index in [1.165, 1.54) is 4.68 Å². The van der Waals surface area contributed by atoms with Crippen LogP contribution in [0.5, 0.6) is 5.75 Å². The quantitative estimate of drug-likeness (QED) is 0.254. The number of fused-ring (bicyclic) bond motifs is 1. The number of benzene rings is 3. The molecule has 0 saturated carbocycles. The van der Waals surface area contributed by atoms with E-state index in [0.29, 0.717) is 34.6 Å². The number of nitrogens with zero attached hydrogens (tertiary/aromatic N) is 1. The minimum absolute atomic E-state index is 0.150. The Balaban J connectivity index is 1.58. The third-order valence-corrected chi connectivity index (χ3v) is 5.96. The van der Waals surface area contributed by atoms with E-state index in [4.69, 9.17) is 4.74 Å². The van der Waals surface area contributed by atoms with Crippen molar-refractivity contribution in [2.45, 2.75) is 6.92 Å². The van der Waals surface area contributed by atoms with Crippen LogP contribution in [0.15, 0.2) is 81.7 Å². The van der Waals surface area contributed by atoms with Crippen molar-refractivity contribution in [3.63, 3.8) is 0 Å². The lowest BCUT2D eigenvalue weighted by Gasteiger charge is -2.13. The summed E-state index contributed by atoms with van der Waals surface area (Å²) < 4.78 is 8.37. The molecule has 0 aliphatic heterocycles. The van der Waals surface area contributed by atoms with Gasteiger partial charge < -0.3 is 15.4 Å². The molecule has 0 bridgehead atoms. The highest BCUT2D eigenvalue weighted by molar-refractivity contribution is 9.10. The molecule has 0 aliphatic rings. The standard InChI is InChI=1S/C25H20Br2N4O4/c1-2-35-20-10-8-19(9-11-20)28-23(32)22-14-15-13-17(27)5-12-21(15)31(22)30-25(34)24(33)29-18-6-3-16(26)4-7-18/h3-14H,2H2,1H3,(H,28,32)(H,29,33)(H,30,34). The van der Waals surface area contributed by atoms with Crippen LogP contribution in [0.2, 0.25) is 0 Å². The van der Waals surface area contributed by atoms with E-state index in [1.54, 1.807) is 66.7 Å². The maximum atomic E-state index is 13.1. The van der Waals surface area contributed by atoms with Crippen LogP contribution in [0.3, 0.4) is 0 Å². The molecule has 35 heavy (non-hydrogen) atoms. The SMILES string of the molecule is CCOc1ccc(NC(=O)c2cc3cc(Br)ccc3n2NC(=O)C(=O)Nc2ccc(Br)cc2)cc1. The van der Waals surface area contributed by atoms with Crippen molar-refractivity contribution < 1.29 is 19.1 Å². The normalized spacial score (nSPS) is 10.6. The van der Waals surface area contributed by atoms with Gasteiger partial charge >= 0.3 is 11.8 Å². The van der Waals surface area contributed by atoms with Crippen molar-refractivity contribution in [1.29, 1.82) is 0 Å². The molecule has 8 nitrogen and oxygen atoms in total. The molecule has 0 spiro atoms. The van der Waals surface area contributed by atoms with Crippen LogP contribution < -0.4 is 20.8 Å². The molecule has 0 atom stereocenters. The van der Waals surface area contributed by atoms with Crippen molar-refractivity contribution in [2.24, 2.45) is 0 Å². The van der Waals surface area contributed by atoms with Crippen molar-refractivity contribution in [1.82, 2.24) is 4.68 Å². The molecular weight excluding hydrogens is 580 g/mol. The molecule has 3 aromatic carbocycles. The molecule has 4 aromatic rings. The second-order valence-electron chi connectivity index (χ2n) is 7.38. The van der Waals surface area contributed by atoms with Crippen LogP contribution in [0.4, 0.5) is 11.4 Å². The first-order valence-electron chi connectivity index (χ1n) is 10.6. The number of carbonyl (C=O) groups excluding carboxylic acids is 3. The monoisotopic (exact) mass is 598 g/mol. The van der Waals surface area contributed by atoms with Gasteiger partial charge in [0.25, 0.3) is 5.91 Å². The lowest BCUT2D eigenvalue weighted by molar-refractivity contribution is -0.133. The van der Waals surface area contributed by atoms with Gasteiger partial charge in [0.2, 0.25) is 0 Å². The highest BCUT2D eigenvalue weighted by Crippen LogP contribution is 2.24. The maximum Gasteiger partial charge on any atom is 0.328 e. The first-order valence-corrected chi connectivity index (χ1v) is 12.2. The van der Waals surface area contributed by atoms with Gasteiger partial charge in [-0.2, -0.15) is 0 Å². The minimum atomic E-state index is -0.927. The number of nitrogens with one attached hydrogen (secondary N) is 3. The van der Waals surface area contributed by atoms with Gasteiger partial charge in [-0.25, -0.2) is 4.68 Å². The maximum absolute atomic E-state index is 13.1. The predicted molar refractivity (Wildman–Crippen MR) is 142 cm³/mol. The predicted octanol–water partition coefficient (Wildman–Crippen LogP) is 5.53. The van der Waals surface area contributed by atoms with Crippen LogP contribution in [0, 0.1) is 0 Å². The van der Waals surface area contributed by atoms with Crippen molar-refractivity contribution >= 4 is 71.9 Å². The summed E-state index contributed by atoms with van der Waals surface area (Å²) in [7, 11) is 0. The van der Waals surface area contributed by atoms with Gasteiger partial charge in [-0.3, -0.25) is 19.8 Å². The summed E-state index contributed by atoms with van der Waals surface area (Å²) in [5.74, 6) is -1.57. The summed E-state index contributed by atoms with van der Waals surface area (Å²) in [6.07, 6.45) is 0. The summed E-state index contributed by atoms with van der Waals surface area (Å²) >= 11 is 6.74. The van der Waals surface area contributed by atoms with E-state index in [-0.39, 0.29) is 5.69 Å². The second-order valence-corrected chi connectivity index (χ2v) is 9.21. The lowest BCUT2D eigenvalue weighted by atomic mass is 10.2. The highest BCUT2D eigenvalue weighted by Gasteiger charge is 2.21. The van der Waals surface area contributed by atoms with E-state index >= 15 is 0 Å². The molecule has 10 heteroatoms. The van der Waals surface area contributed by atoms with Crippen LogP contribution in [0.25, 0.3) is 10.9 Å². The van der Waals surface area contributed by atoms with Gasteiger partial charge in [0.15, 0.2) is 0 Å². The summed E-state index contributed by atoms with van der Waals surface area (Å²) in [5, 5.41) is 6.04. The van der Waals surface area contributed by atoms with Gasteiger partial charge in [0.1, 0.15) is 11.4 Å². The van der Waals surface area contributed by atoms with Crippen molar-refractivity contribution in [3.8, 4) is 5.75 Å². The first-order chi connectivity index (χ1) is 16.8. The second kappa shape index (κ2) is 10.7. The number of carbonyl (C=O) groups is 3. The third-order valence-electron chi connectivity index (χ3n) is 4.94. The summed E-state index contributed by atoms with van der Waals surface area (Å²) in [5.41, 5.74) is 4.25. The van der Waals surface area contributed by atoms with Gasteiger partial charge in [-0.15, -0.1) is 0 Å². The summed E-state index contributed by atoms with van der Waals surface area (Å²) in [6.45, 7) is 2.43. The molecule has 178 valence electrons. The van der Waals surface area contributed by atoms with Crippen molar-refractivity contribution in [2.75, 3.05) is 22.7 Å². The van der Waals surface area contributed by atoms with Gasteiger partial charge in [-0.05, 0) is 79.7 Å². The Morgan fingerprint density at radius 2 is 1.43 bits per heavy atom. The Kier molecular flexibility index (Phi) is 7.52. The van der Waals surface area contributed by atoms with Gasteiger partial charge in [-0.1, -0.05) is 31.9 Å². The smallest absolute Gasteiger partial charge is 0.328 e. The average molecular weight is 600 g/mol. The Hall–Kier alpha value is -3.63. The Morgan fingerprint density at radius 1 is 0.800 bits per heavy atom. The molecule has 0 unspecified atom stereocenters. The molecule has 0 fully saturated rings. The van der Waals surface area contributed by atoms with E-state index in [0.717, 1.165) is 8.95 Å². The van der Waals surface area contributed by atoms with Gasteiger partial charge in [0, 0.05) is 25.7 Å². The zero-order valence-corrected chi connectivity index (χ0v) is 21.6. The number of aromatic nitrogens is 1. The number of ether oxygens (including phenoxy) is 1. The number of halogens is 2. The van der Waals surface area contributed by atoms with Crippen LogP contribution >= 0.6 is 31.9 Å². The molecule has 0 saturated heterocycles. The van der Waals surface area contributed by atoms with E-state index in [9.17, 15) is 14.4 Å².